The van der Waals surface area contributed by atoms with Gasteiger partial charge >= 0.3 is 0 Å². The van der Waals surface area contributed by atoms with E-state index in [1.165, 1.54) is 5.56 Å². The molecule has 0 saturated heterocycles. The number of hydrogen-bond acceptors (Lipinski definition) is 3. The Kier molecular flexibility index (Phi) is 3.82. The quantitative estimate of drug-likeness (QED) is 0.915. The number of aromatic nitrogens is 2. The summed E-state index contributed by atoms with van der Waals surface area (Å²) in [7, 11) is -3.48. The Balaban J connectivity index is 1.74. The highest BCUT2D eigenvalue weighted by Gasteiger charge is 2.20. The predicted molar refractivity (Wildman–Crippen MR) is 80.5 cm³/mol. The molecule has 6 heteroatoms. The van der Waals surface area contributed by atoms with E-state index in [-0.39, 0.29) is 6.04 Å². The number of nitrogens with zero attached hydrogens (tertiary/aromatic N) is 2. The van der Waals surface area contributed by atoms with Gasteiger partial charge in [-0.1, -0.05) is 6.07 Å². The molecular formula is C15H19N3O2S. The molecule has 1 aromatic carbocycles. The molecule has 1 atom stereocenters. The molecule has 1 heterocycles. The maximum atomic E-state index is 12.4. The first kappa shape index (κ1) is 14.3. The second-order valence-corrected chi connectivity index (χ2v) is 7.25. The summed E-state index contributed by atoms with van der Waals surface area (Å²) in [6, 6.07) is 7.05. The predicted octanol–water partition coefficient (Wildman–Crippen LogP) is 1.74. The fourth-order valence-corrected chi connectivity index (χ4v) is 4.06. The minimum absolute atomic E-state index is 0.219. The number of fused-ring (bicyclic) bond motifs is 1. The van der Waals surface area contributed by atoms with Crippen molar-refractivity contribution in [1.29, 1.82) is 0 Å². The average Bonchev–Trinajstić information content (AvgIpc) is 3.07. The number of rotatable bonds is 5. The van der Waals surface area contributed by atoms with Crippen molar-refractivity contribution < 1.29 is 8.42 Å². The monoisotopic (exact) mass is 305 g/mol. The van der Waals surface area contributed by atoms with Crippen LogP contribution in [0.1, 0.15) is 24.5 Å². The lowest BCUT2D eigenvalue weighted by Gasteiger charge is -2.15. The number of sulfonamides is 1. The molecule has 1 aliphatic carbocycles. The second kappa shape index (κ2) is 5.61. The third-order valence-corrected chi connectivity index (χ3v) is 5.34. The first-order valence-corrected chi connectivity index (χ1v) is 8.64. The van der Waals surface area contributed by atoms with Crippen LogP contribution in [0.4, 0.5) is 0 Å². The van der Waals surface area contributed by atoms with E-state index in [9.17, 15) is 8.42 Å². The molecule has 1 aromatic heterocycles. The third-order valence-electron chi connectivity index (χ3n) is 3.76. The summed E-state index contributed by atoms with van der Waals surface area (Å²) in [5.74, 6) is 0. The van der Waals surface area contributed by atoms with Gasteiger partial charge in [-0.2, -0.15) is 5.10 Å². The van der Waals surface area contributed by atoms with Crippen LogP contribution in [0.25, 0.3) is 0 Å². The minimum Gasteiger partial charge on any atom is -0.271 e. The fraction of sp³-hybridized carbons (Fsp3) is 0.400. The van der Waals surface area contributed by atoms with Crippen molar-refractivity contribution in [3.05, 3.63) is 47.8 Å². The molecule has 0 unspecified atom stereocenters. The molecule has 1 aliphatic rings. The molecule has 0 saturated carbocycles. The number of nitrogens with one attached hydrogen (secondary N) is 1. The summed E-state index contributed by atoms with van der Waals surface area (Å²) in [4.78, 5) is 0.357. The van der Waals surface area contributed by atoms with E-state index in [1.807, 2.05) is 31.3 Å². The molecular weight excluding hydrogens is 286 g/mol. The van der Waals surface area contributed by atoms with Gasteiger partial charge in [0, 0.05) is 18.4 Å². The van der Waals surface area contributed by atoms with Gasteiger partial charge in [0.15, 0.2) is 0 Å². The lowest BCUT2D eigenvalue weighted by Crippen LogP contribution is -2.35. The summed E-state index contributed by atoms with van der Waals surface area (Å²) in [6.45, 7) is 2.35. The Bertz CT molecular complexity index is 723. The highest BCUT2D eigenvalue weighted by molar-refractivity contribution is 7.89. The summed E-state index contributed by atoms with van der Waals surface area (Å²) in [6.07, 6.45) is 6.64. The van der Waals surface area contributed by atoms with E-state index >= 15 is 0 Å². The van der Waals surface area contributed by atoms with Gasteiger partial charge in [0.05, 0.1) is 11.4 Å². The van der Waals surface area contributed by atoms with Crippen molar-refractivity contribution in [2.45, 2.75) is 43.7 Å². The van der Waals surface area contributed by atoms with Gasteiger partial charge in [-0.25, -0.2) is 13.1 Å². The highest BCUT2D eigenvalue weighted by Crippen LogP contribution is 2.24. The van der Waals surface area contributed by atoms with E-state index in [4.69, 9.17) is 0 Å². The number of aryl methyl sites for hydroxylation is 2. The van der Waals surface area contributed by atoms with Crippen molar-refractivity contribution in [3.63, 3.8) is 0 Å². The second-order valence-electron chi connectivity index (χ2n) is 5.53. The zero-order chi connectivity index (χ0) is 14.9. The average molecular weight is 305 g/mol. The lowest BCUT2D eigenvalue weighted by molar-refractivity contribution is 0.494. The molecule has 0 bridgehead atoms. The van der Waals surface area contributed by atoms with E-state index in [2.05, 4.69) is 9.82 Å². The Morgan fingerprint density at radius 3 is 2.90 bits per heavy atom. The van der Waals surface area contributed by atoms with Crippen molar-refractivity contribution >= 4 is 10.0 Å². The van der Waals surface area contributed by atoms with Crippen molar-refractivity contribution in [3.8, 4) is 0 Å². The molecule has 0 amide bonds. The normalized spacial score (nSPS) is 15.9. The van der Waals surface area contributed by atoms with Gasteiger partial charge < -0.3 is 0 Å². The summed E-state index contributed by atoms with van der Waals surface area (Å²) in [5.41, 5.74) is 2.44. The van der Waals surface area contributed by atoms with Gasteiger partial charge in [-0.05, 0) is 55.5 Å². The Morgan fingerprint density at radius 2 is 2.14 bits per heavy atom. The van der Waals surface area contributed by atoms with Crippen LogP contribution in [0.5, 0.6) is 0 Å². The third kappa shape index (κ3) is 3.16. The molecule has 2 aromatic rings. The van der Waals surface area contributed by atoms with Crippen LogP contribution >= 0.6 is 0 Å². The molecule has 1 N–H and O–H groups in total. The molecule has 21 heavy (non-hydrogen) atoms. The van der Waals surface area contributed by atoms with Gasteiger partial charge in [-0.3, -0.25) is 4.68 Å². The maximum absolute atomic E-state index is 12.4. The summed E-state index contributed by atoms with van der Waals surface area (Å²) >= 11 is 0. The molecule has 0 fully saturated rings. The van der Waals surface area contributed by atoms with Crippen molar-refractivity contribution in [2.24, 2.45) is 0 Å². The van der Waals surface area contributed by atoms with Crippen LogP contribution in [-0.4, -0.2) is 24.2 Å². The fourth-order valence-electron chi connectivity index (χ4n) is 2.77. The first-order valence-electron chi connectivity index (χ1n) is 7.16. The summed E-state index contributed by atoms with van der Waals surface area (Å²) in [5, 5.41) is 4.09. The Labute approximate surface area is 125 Å². The van der Waals surface area contributed by atoms with Gasteiger partial charge in [0.2, 0.25) is 10.0 Å². The summed E-state index contributed by atoms with van der Waals surface area (Å²) < 4.78 is 29.3. The lowest BCUT2D eigenvalue weighted by atomic mass is 10.1. The van der Waals surface area contributed by atoms with E-state index < -0.39 is 10.0 Å². The molecule has 0 aliphatic heterocycles. The topological polar surface area (TPSA) is 64.0 Å². The van der Waals surface area contributed by atoms with E-state index in [0.29, 0.717) is 11.4 Å². The largest absolute Gasteiger partial charge is 0.271 e. The number of hydrogen-bond donors (Lipinski definition) is 1. The highest BCUT2D eigenvalue weighted by atomic mass is 32.2. The SMILES string of the molecule is C[C@@H](Cn1cccn1)NS(=O)(=O)c1ccc2c(c1)CCC2. The van der Waals surface area contributed by atoms with Crippen LogP contribution in [0.15, 0.2) is 41.6 Å². The maximum Gasteiger partial charge on any atom is 0.240 e. The smallest absolute Gasteiger partial charge is 0.240 e. The van der Waals surface area contributed by atoms with Gasteiger partial charge in [0.25, 0.3) is 0 Å². The van der Waals surface area contributed by atoms with Crippen LogP contribution in [0, 0.1) is 0 Å². The van der Waals surface area contributed by atoms with Crippen LogP contribution in [0.3, 0.4) is 0 Å². The minimum atomic E-state index is -3.48. The van der Waals surface area contributed by atoms with Crippen LogP contribution < -0.4 is 4.72 Å². The zero-order valence-corrected chi connectivity index (χ0v) is 12.8. The Morgan fingerprint density at radius 1 is 1.33 bits per heavy atom. The van der Waals surface area contributed by atoms with Crippen molar-refractivity contribution in [1.82, 2.24) is 14.5 Å². The molecule has 0 spiro atoms. The standard InChI is InChI=1S/C15H19N3O2S/c1-12(11-18-9-3-8-16-18)17-21(19,20)15-7-6-13-4-2-5-14(13)10-15/h3,6-10,12,17H,2,4-5,11H2,1H3/t12-/m0/s1. The van der Waals surface area contributed by atoms with Gasteiger partial charge in [0.1, 0.15) is 0 Å². The zero-order valence-electron chi connectivity index (χ0n) is 12.0. The molecule has 0 radical (unpaired) electrons. The molecule has 112 valence electrons. The Hall–Kier alpha value is -1.66. The van der Waals surface area contributed by atoms with Gasteiger partial charge in [-0.15, -0.1) is 0 Å². The van der Waals surface area contributed by atoms with Crippen LogP contribution in [0.2, 0.25) is 0 Å². The number of benzene rings is 1. The van der Waals surface area contributed by atoms with Crippen LogP contribution in [-0.2, 0) is 29.4 Å². The molecule has 5 nitrogen and oxygen atoms in total. The first-order chi connectivity index (χ1) is 10.0. The van der Waals surface area contributed by atoms with Crippen molar-refractivity contribution in [2.75, 3.05) is 0 Å². The van der Waals surface area contributed by atoms with E-state index in [0.717, 1.165) is 24.8 Å². The van der Waals surface area contributed by atoms with E-state index in [1.54, 1.807) is 16.9 Å². The molecule has 3 rings (SSSR count).